The molecule has 0 saturated heterocycles. The van der Waals surface area contributed by atoms with Crippen molar-refractivity contribution in [3.8, 4) is 22.5 Å². The predicted octanol–water partition coefficient (Wildman–Crippen LogP) is 4.77. The number of aromatic nitrogens is 3. The van der Waals surface area contributed by atoms with E-state index in [1.54, 1.807) is 18.5 Å². The number of aryl methyl sites for hydroxylation is 1. The monoisotopic (exact) mass is 363 g/mol. The summed E-state index contributed by atoms with van der Waals surface area (Å²) in [6.07, 6.45) is 3.50. The maximum absolute atomic E-state index is 14.6. The van der Waals surface area contributed by atoms with E-state index in [0.717, 1.165) is 27.9 Å². The lowest BCUT2D eigenvalue weighted by Gasteiger charge is -2.06. The van der Waals surface area contributed by atoms with Gasteiger partial charge < -0.3 is 14.7 Å². The first kappa shape index (κ1) is 17.0. The molecule has 0 unspecified atom stereocenters. The number of hydrogen-bond acceptors (Lipinski definition) is 3. The molecule has 0 radical (unpaired) electrons. The molecule has 136 valence electrons. The van der Waals surface area contributed by atoms with Crippen molar-refractivity contribution in [2.45, 2.75) is 13.8 Å². The number of rotatable bonds is 3. The van der Waals surface area contributed by atoms with Crippen molar-refractivity contribution < 1.29 is 13.9 Å². The van der Waals surface area contributed by atoms with Crippen molar-refractivity contribution in [3.63, 3.8) is 0 Å². The third-order valence-electron chi connectivity index (χ3n) is 4.76. The van der Waals surface area contributed by atoms with Crippen LogP contribution in [0.15, 0.2) is 42.7 Å². The number of esters is 1. The molecule has 0 aliphatic rings. The number of H-pyrrole nitrogens is 2. The van der Waals surface area contributed by atoms with Gasteiger partial charge in [-0.3, -0.25) is 0 Å². The fourth-order valence-electron chi connectivity index (χ4n) is 3.42. The highest BCUT2D eigenvalue weighted by Crippen LogP contribution is 2.37. The number of nitrogens with zero attached hydrogens (tertiary/aromatic N) is 1. The minimum absolute atomic E-state index is 0.328. The van der Waals surface area contributed by atoms with Crippen LogP contribution >= 0.6 is 0 Å². The number of fused-ring (bicyclic) bond motifs is 1. The van der Waals surface area contributed by atoms with E-state index < -0.39 is 11.8 Å². The molecule has 5 nitrogen and oxygen atoms in total. The van der Waals surface area contributed by atoms with Crippen molar-refractivity contribution in [2.75, 3.05) is 7.11 Å². The lowest BCUT2D eigenvalue weighted by atomic mass is 10.0. The molecular formula is C21H18FN3O2. The van der Waals surface area contributed by atoms with Gasteiger partial charge in [0.05, 0.1) is 24.1 Å². The predicted molar refractivity (Wildman–Crippen MR) is 102 cm³/mol. The molecule has 0 saturated carbocycles. The first-order valence-electron chi connectivity index (χ1n) is 8.51. The fourth-order valence-corrected chi connectivity index (χ4v) is 3.42. The number of pyridine rings is 1. The number of ether oxygens (including phenoxy) is 1. The zero-order valence-corrected chi connectivity index (χ0v) is 15.2. The number of carbonyl (C=O) groups excluding carboxylic acids is 1. The topological polar surface area (TPSA) is 70.8 Å². The number of aromatic amines is 2. The zero-order chi connectivity index (χ0) is 19.1. The first-order valence-corrected chi connectivity index (χ1v) is 8.51. The Hall–Kier alpha value is -3.41. The van der Waals surface area contributed by atoms with Gasteiger partial charge in [-0.25, -0.2) is 14.2 Å². The Morgan fingerprint density at radius 3 is 2.67 bits per heavy atom. The molecule has 1 aromatic carbocycles. The Bertz CT molecular complexity index is 1170. The standard InChI is InChI=1S/C21H18FN3O2/c1-11-4-5-15(16(22)10-11)19-17(21(26)27-3)12(2)18(25-19)13-6-8-23-20-14(13)7-9-24-20/h4-10,25H,1-3H3,(H,23,24). The highest BCUT2D eigenvalue weighted by Gasteiger charge is 2.25. The molecule has 0 aliphatic heterocycles. The summed E-state index contributed by atoms with van der Waals surface area (Å²) < 4.78 is 19.6. The summed E-state index contributed by atoms with van der Waals surface area (Å²) >= 11 is 0. The lowest BCUT2D eigenvalue weighted by molar-refractivity contribution is 0.0601. The van der Waals surface area contributed by atoms with Crippen LogP contribution in [0, 0.1) is 19.7 Å². The number of hydrogen-bond donors (Lipinski definition) is 2. The molecule has 6 heteroatoms. The van der Waals surface area contributed by atoms with Crippen LogP contribution in [0.3, 0.4) is 0 Å². The molecule has 3 heterocycles. The summed E-state index contributed by atoms with van der Waals surface area (Å²) in [5.41, 5.74) is 4.93. The number of benzene rings is 1. The van der Waals surface area contributed by atoms with Gasteiger partial charge in [0, 0.05) is 28.9 Å². The minimum atomic E-state index is -0.510. The van der Waals surface area contributed by atoms with Gasteiger partial charge in [0.25, 0.3) is 0 Å². The van der Waals surface area contributed by atoms with Crippen LogP contribution in [0.5, 0.6) is 0 Å². The van der Waals surface area contributed by atoms with Crippen LogP contribution in [-0.4, -0.2) is 28.0 Å². The van der Waals surface area contributed by atoms with Crippen molar-refractivity contribution >= 4 is 17.0 Å². The maximum Gasteiger partial charge on any atom is 0.340 e. The molecule has 0 bridgehead atoms. The summed E-state index contributed by atoms with van der Waals surface area (Å²) in [6, 6.07) is 8.72. The van der Waals surface area contributed by atoms with Gasteiger partial charge >= 0.3 is 5.97 Å². The second-order valence-electron chi connectivity index (χ2n) is 6.45. The smallest absolute Gasteiger partial charge is 0.340 e. The fraction of sp³-hybridized carbons (Fsp3) is 0.143. The van der Waals surface area contributed by atoms with E-state index in [2.05, 4.69) is 15.0 Å². The Morgan fingerprint density at radius 2 is 1.93 bits per heavy atom. The van der Waals surface area contributed by atoms with Crippen molar-refractivity contribution in [1.82, 2.24) is 15.0 Å². The molecule has 0 spiro atoms. The molecule has 0 atom stereocenters. The molecular weight excluding hydrogens is 345 g/mol. The average Bonchev–Trinajstić information content (AvgIpc) is 3.25. The van der Waals surface area contributed by atoms with Crippen molar-refractivity contribution in [1.29, 1.82) is 0 Å². The van der Waals surface area contributed by atoms with Gasteiger partial charge in [-0.15, -0.1) is 0 Å². The van der Waals surface area contributed by atoms with Crippen LogP contribution in [0.25, 0.3) is 33.5 Å². The summed E-state index contributed by atoms with van der Waals surface area (Å²) in [5.74, 6) is -0.904. The third kappa shape index (κ3) is 2.70. The van der Waals surface area contributed by atoms with Crippen molar-refractivity contribution in [2.24, 2.45) is 0 Å². The third-order valence-corrected chi connectivity index (χ3v) is 4.76. The van der Waals surface area contributed by atoms with E-state index >= 15 is 0 Å². The van der Waals surface area contributed by atoms with E-state index in [4.69, 9.17) is 4.74 Å². The Morgan fingerprint density at radius 1 is 1.11 bits per heavy atom. The second kappa shape index (κ2) is 6.39. The van der Waals surface area contributed by atoms with Crippen LogP contribution in [0.1, 0.15) is 21.5 Å². The quantitative estimate of drug-likeness (QED) is 0.515. The number of nitrogens with one attached hydrogen (secondary N) is 2. The Kier molecular flexibility index (Phi) is 4.03. The number of halogens is 1. The second-order valence-corrected chi connectivity index (χ2v) is 6.45. The molecule has 27 heavy (non-hydrogen) atoms. The van der Waals surface area contributed by atoms with E-state index in [1.807, 2.05) is 32.0 Å². The summed E-state index contributed by atoms with van der Waals surface area (Å²) in [5, 5.41) is 0.911. The van der Waals surface area contributed by atoms with Crippen LogP contribution in [0.2, 0.25) is 0 Å². The SMILES string of the molecule is COC(=O)c1c(-c2ccc(C)cc2F)[nH]c(-c2ccnc3[nH]ccc23)c1C. The van der Waals surface area contributed by atoms with Gasteiger partial charge in [0.2, 0.25) is 0 Å². The molecule has 4 aromatic rings. The van der Waals surface area contributed by atoms with Gasteiger partial charge in [-0.1, -0.05) is 6.07 Å². The lowest BCUT2D eigenvalue weighted by Crippen LogP contribution is -2.04. The Labute approximate surface area is 155 Å². The summed E-state index contributed by atoms with van der Waals surface area (Å²) in [4.78, 5) is 23.1. The number of methoxy groups -OCH3 is 1. The summed E-state index contributed by atoms with van der Waals surface area (Å²) in [7, 11) is 1.32. The van der Waals surface area contributed by atoms with Crippen LogP contribution < -0.4 is 0 Å². The van der Waals surface area contributed by atoms with Crippen molar-refractivity contribution in [3.05, 3.63) is 65.2 Å². The van der Waals surface area contributed by atoms with E-state index in [9.17, 15) is 9.18 Å². The minimum Gasteiger partial charge on any atom is -0.465 e. The van der Waals surface area contributed by atoms with Crippen LogP contribution in [0.4, 0.5) is 4.39 Å². The van der Waals surface area contributed by atoms with Crippen LogP contribution in [-0.2, 0) is 4.74 Å². The normalized spacial score (nSPS) is 11.1. The number of carbonyl (C=O) groups is 1. The molecule has 3 aromatic heterocycles. The van der Waals surface area contributed by atoms with Gasteiger partial charge in [0.15, 0.2) is 0 Å². The highest BCUT2D eigenvalue weighted by atomic mass is 19.1. The molecule has 2 N–H and O–H groups in total. The van der Waals surface area contributed by atoms with Gasteiger partial charge in [0.1, 0.15) is 11.5 Å². The average molecular weight is 363 g/mol. The molecule has 0 fully saturated rings. The Balaban J connectivity index is 2.02. The van der Waals surface area contributed by atoms with E-state index in [-0.39, 0.29) is 0 Å². The van der Waals surface area contributed by atoms with E-state index in [1.165, 1.54) is 13.2 Å². The van der Waals surface area contributed by atoms with Gasteiger partial charge in [-0.2, -0.15) is 0 Å². The molecule has 0 amide bonds. The van der Waals surface area contributed by atoms with Gasteiger partial charge in [-0.05, 0) is 49.2 Å². The maximum atomic E-state index is 14.6. The van der Waals surface area contributed by atoms with E-state index in [0.29, 0.717) is 22.4 Å². The molecule has 0 aliphatic carbocycles. The first-order chi connectivity index (χ1) is 13.0. The largest absolute Gasteiger partial charge is 0.465 e. The zero-order valence-electron chi connectivity index (χ0n) is 15.2. The summed E-state index contributed by atoms with van der Waals surface area (Å²) in [6.45, 7) is 3.64. The molecule has 4 rings (SSSR count). The highest BCUT2D eigenvalue weighted by molar-refractivity contribution is 6.03.